The molecule has 0 saturated carbocycles. The minimum atomic E-state index is -0.859. The molecule has 0 unspecified atom stereocenters. The Balaban J connectivity index is 2.30. The molecule has 0 radical (unpaired) electrons. The van der Waals surface area contributed by atoms with E-state index in [1.165, 1.54) is 0 Å². The van der Waals surface area contributed by atoms with Crippen LogP contribution in [0.4, 0.5) is 5.69 Å². The molecule has 1 aromatic carbocycles. The van der Waals surface area contributed by atoms with Crippen LogP contribution in [0.15, 0.2) is 24.3 Å². The van der Waals surface area contributed by atoms with Crippen molar-refractivity contribution >= 4 is 11.7 Å². The first kappa shape index (κ1) is 12.9. The van der Waals surface area contributed by atoms with E-state index in [9.17, 15) is 9.90 Å². The van der Waals surface area contributed by atoms with E-state index in [-0.39, 0.29) is 5.54 Å². The first-order chi connectivity index (χ1) is 8.42. The van der Waals surface area contributed by atoms with Crippen molar-refractivity contribution in [1.29, 1.82) is 0 Å². The number of para-hydroxylation sites is 1. The fourth-order valence-corrected chi connectivity index (χ4v) is 2.38. The highest BCUT2D eigenvalue weighted by Gasteiger charge is 2.32. The molecule has 1 heterocycles. The number of carboxylic acid groups (broad SMARTS) is 1. The van der Waals surface area contributed by atoms with Gasteiger partial charge in [-0.05, 0) is 33.0 Å². The topological polar surface area (TPSA) is 43.8 Å². The molecule has 1 N–H and O–H groups in total. The van der Waals surface area contributed by atoms with Crippen LogP contribution in [-0.4, -0.2) is 48.2 Å². The summed E-state index contributed by atoms with van der Waals surface area (Å²) in [7, 11) is 2.11. The van der Waals surface area contributed by atoms with Crippen LogP contribution in [0.1, 0.15) is 24.2 Å². The number of likely N-dealkylation sites (N-methyl/N-ethyl adjacent to an activating group) is 1. The zero-order chi connectivity index (χ0) is 13.3. The molecule has 0 amide bonds. The molecule has 2 rings (SSSR count). The molecule has 1 fully saturated rings. The van der Waals surface area contributed by atoms with Gasteiger partial charge in [0.25, 0.3) is 0 Å². The largest absolute Gasteiger partial charge is 0.478 e. The third-order valence-electron chi connectivity index (χ3n) is 3.79. The molecule has 0 spiro atoms. The van der Waals surface area contributed by atoms with Crippen molar-refractivity contribution in [2.45, 2.75) is 19.4 Å². The Kier molecular flexibility index (Phi) is 3.30. The van der Waals surface area contributed by atoms with Crippen molar-refractivity contribution in [3.8, 4) is 0 Å². The molecule has 0 aliphatic carbocycles. The molecule has 1 aromatic rings. The monoisotopic (exact) mass is 248 g/mol. The molecule has 18 heavy (non-hydrogen) atoms. The lowest BCUT2D eigenvalue weighted by atomic mass is 9.98. The lowest BCUT2D eigenvalue weighted by Gasteiger charge is -2.46. The van der Waals surface area contributed by atoms with E-state index in [0.717, 1.165) is 25.3 Å². The molecule has 4 heteroatoms. The lowest BCUT2D eigenvalue weighted by molar-refractivity contribution is 0.0696. The number of nitrogens with zero attached hydrogens (tertiary/aromatic N) is 2. The highest BCUT2D eigenvalue weighted by molar-refractivity contribution is 5.94. The van der Waals surface area contributed by atoms with Crippen LogP contribution >= 0.6 is 0 Å². The van der Waals surface area contributed by atoms with Gasteiger partial charge in [0.2, 0.25) is 0 Å². The molecule has 0 aromatic heterocycles. The molecule has 0 bridgehead atoms. The zero-order valence-electron chi connectivity index (χ0n) is 11.2. The van der Waals surface area contributed by atoms with Crippen LogP contribution in [0.2, 0.25) is 0 Å². The summed E-state index contributed by atoms with van der Waals surface area (Å²) in [6, 6.07) is 7.23. The summed E-state index contributed by atoms with van der Waals surface area (Å²) < 4.78 is 0. The van der Waals surface area contributed by atoms with Gasteiger partial charge in [-0.3, -0.25) is 4.90 Å². The number of carboxylic acids is 1. The third kappa shape index (κ3) is 2.34. The number of rotatable bonds is 2. The lowest BCUT2D eigenvalue weighted by Crippen LogP contribution is -2.57. The number of benzene rings is 1. The van der Waals surface area contributed by atoms with Crippen LogP contribution in [0.5, 0.6) is 0 Å². The van der Waals surface area contributed by atoms with Gasteiger partial charge in [-0.15, -0.1) is 0 Å². The zero-order valence-corrected chi connectivity index (χ0v) is 11.2. The maximum absolute atomic E-state index is 11.3. The second kappa shape index (κ2) is 4.61. The van der Waals surface area contributed by atoms with E-state index in [1.54, 1.807) is 12.1 Å². The van der Waals surface area contributed by atoms with Gasteiger partial charge in [0.15, 0.2) is 0 Å². The summed E-state index contributed by atoms with van der Waals surface area (Å²) in [4.78, 5) is 15.7. The standard InChI is InChI=1S/C14H20N2O2/c1-14(2)10-16(9-8-15(14)3)12-7-5-4-6-11(12)13(17)18/h4-7H,8-10H2,1-3H3,(H,17,18). The number of aromatic carboxylic acids is 1. The Morgan fingerprint density at radius 3 is 2.56 bits per heavy atom. The Bertz CT molecular complexity index is 457. The Morgan fingerprint density at radius 1 is 1.28 bits per heavy atom. The second-order valence-electron chi connectivity index (χ2n) is 5.48. The highest BCUT2D eigenvalue weighted by atomic mass is 16.4. The van der Waals surface area contributed by atoms with Crippen molar-refractivity contribution in [2.24, 2.45) is 0 Å². The summed E-state index contributed by atoms with van der Waals surface area (Å²) in [5.41, 5.74) is 1.27. The van der Waals surface area contributed by atoms with Crippen molar-refractivity contribution in [3.63, 3.8) is 0 Å². The van der Waals surface area contributed by atoms with Gasteiger partial charge in [0.05, 0.1) is 11.3 Å². The molecule has 1 aliphatic heterocycles. The highest BCUT2D eigenvalue weighted by Crippen LogP contribution is 2.27. The fourth-order valence-electron chi connectivity index (χ4n) is 2.38. The molecule has 1 aliphatic rings. The van der Waals surface area contributed by atoms with Crippen LogP contribution in [0.3, 0.4) is 0 Å². The van der Waals surface area contributed by atoms with E-state index in [1.807, 2.05) is 12.1 Å². The van der Waals surface area contributed by atoms with Gasteiger partial charge in [0.1, 0.15) is 0 Å². The van der Waals surface area contributed by atoms with E-state index < -0.39 is 5.97 Å². The van der Waals surface area contributed by atoms with Gasteiger partial charge < -0.3 is 10.0 Å². The molecular weight excluding hydrogens is 228 g/mol. The quantitative estimate of drug-likeness (QED) is 0.868. The third-order valence-corrected chi connectivity index (χ3v) is 3.79. The maximum atomic E-state index is 11.3. The number of piperazine rings is 1. The van der Waals surface area contributed by atoms with E-state index in [4.69, 9.17) is 0 Å². The van der Waals surface area contributed by atoms with Gasteiger partial charge in [-0.1, -0.05) is 12.1 Å². The summed E-state index contributed by atoms with van der Waals surface area (Å²) in [5, 5.41) is 9.24. The average Bonchev–Trinajstić information content (AvgIpc) is 2.32. The molecule has 1 saturated heterocycles. The van der Waals surface area contributed by atoms with Crippen molar-refractivity contribution in [3.05, 3.63) is 29.8 Å². The molecule has 4 nitrogen and oxygen atoms in total. The van der Waals surface area contributed by atoms with Crippen molar-refractivity contribution in [2.75, 3.05) is 31.6 Å². The van der Waals surface area contributed by atoms with Crippen molar-refractivity contribution < 1.29 is 9.90 Å². The fraction of sp³-hybridized carbons (Fsp3) is 0.500. The van der Waals surface area contributed by atoms with Crippen LogP contribution in [-0.2, 0) is 0 Å². The van der Waals surface area contributed by atoms with Crippen LogP contribution in [0.25, 0.3) is 0 Å². The SMILES string of the molecule is CN1CCN(c2ccccc2C(=O)O)CC1(C)C. The minimum absolute atomic E-state index is 0.0594. The Morgan fingerprint density at radius 2 is 1.94 bits per heavy atom. The van der Waals surface area contributed by atoms with E-state index in [2.05, 4.69) is 30.7 Å². The molecular formula is C14H20N2O2. The summed E-state index contributed by atoms with van der Waals surface area (Å²) >= 11 is 0. The minimum Gasteiger partial charge on any atom is -0.478 e. The van der Waals surface area contributed by atoms with Gasteiger partial charge in [-0.2, -0.15) is 0 Å². The maximum Gasteiger partial charge on any atom is 0.337 e. The second-order valence-corrected chi connectivity index (χ2v) is 5.48. The number of carbonyl (C=O) groups is 1. The van der Waals surface area contributed by atoms with Gasteiger partial charge in [-0.25, -0.2) is 4.79 Å². The Labute approximate surface area is 108 Å². The first-order valence-electron chi connectivity index (χ1n) is 6.20. The van der Waals surface area contributed by atoms with Crippen LogP contribution in [0, 0.1) is 0 Å². The first-order valence-corrected chi connectivity index (χ1v) is 6.20. The normalized spacial score (nSPS) is 19.8. The predicted molar refractivity (Wildman–Crippen MR) is 72.3 cm³/mol. The summed E-state index contributed by atoms with van der Waals surface area (Å²) in [5.74, 6) is -0.859. The van der Waals surface area contributed by atoms with Gasteiger partial charge in [0, 0.05) is 25.2 Å². The average molecular weight is 248 g/mol. The summed E-state index contributed by atoms with van der Waals surface area (Å²) in [6.45, 7) is 7.02. The van der Waals surface area contributed by atoms with Crippen LogP contribution < -0.4 is 4.90 Å². The van der Waals surface area contributed by atoms with E-state index in [0.29, 0.717) is 5.56 Å². The summed E-state index contributed by atoms with van der Waals surface area (Å²) in [6.07, 6.45) is 0. The Hall–Kier alpha value is -1.55. The number of hydrogen-bond donors (Lipinski definition) is 1. The smallest absolute Gasteiger partial charge is 0.337 e. The van der Waals surface area contributed by atoms with E-state index >= 15 is 0 Å². The van der Waals surface area contributed by atoms with Gasteiger partial charge >= 0.3 is 5.97 Å². The number of anilines is 1. The molecule has 0 atom stereocenters. The number of hydrogen-bond acceptors (Lipinski definition) is 3. The molecule has 98 valence electrons. The van der Waals surface area contributed by atoms with Crippen molar-refractivity contribution in [1.82, 2.24) is 4.90 Å². The predicted octanol–water partition coefficient (Wildman–Crippen LogP) is 1.92.